The molecule has 2 aliphatic heterocycles. The van der Waals surface area contributed by atoms with Crippen LogP contribution in [0.15, 0.2) is 4.99 Å². The molecule has 0 bridgehead atoms. The van der Waals surface area contributed by atoms with Gasteiger partial charge < -0.3 is 20.3 Å². The number of guanidine groups is 1. The molecule has 1 saturated carbocycles. The summed E-state index contributed by atoms with van der Waals surface area (Å²) >= 11 is 0. The first-order valence-electron chi connectivity index (χ1n) is 10.1. The number of aliphatic imine (C=N–C) groups is 1. The molecule has 142 valence electrons. The van der Waals surface area contributed by atoms with Crippen molar-refractivity contribution in [2.75, 3.05) is 45.9 Å². The molecule has 1 amide bonds. The Bertz CT molecular complexity index is 468. The molecular weight excluding hydrogens is 316 g/mol. The van der Waals surface area contributed by atoms with E-state index in [-0.39, 0.29) is 5.91 Å². The van der Waals surface area contributed by atoms with E-state index in [1.165, 1.54) is 38.5 Å². The summed E-state index contributed by atoms with van der Waals surface area (Å²) in [5.41, 5.74) is 0.339. The highest BCUT2D eigenvalue weighted by Gasteiger charge is 2.42. The fraction of sp³-hybridized carbons (Fsp3) is 0.895. The first-order valence-corrected chi connectivity index (χ1v) is 10.1. The third-order valence-corrected chi connectivity index (χ3v) is 5.90. The van der Waals surface area contributed by atoms with Crippen LogP contribution in [0, 0.1) is 11.3 Å². The van der Waals surface area contributed by atoms with E-state index in [1.807, 2.05) is 0 Å². The molecule has 1 atom stereocenters. The van der Waals surface area contributed by atoms with E-state index >= 15 is 0 Å². The topological polar surface area (TPSA) is 66.0 Å². The lowest BCUT2D eigenvalue weighted by Crippen LogP contribution is -2.42. The van der Waals surface area contributed by atoms with Gasteiger partial charge in [0, 0.05) is 44.6 Å². The molecule has 1 unspecified atom stereocenters. The number of nitrogens with one attached hydrogen (secondary N) is 2. The molecule has 1 aliphatic carbocycles. The second kappa shape index (κ2) is 8.88. The Morgan fingerprint density at radius 3 is 2.84 bits per heavy atom. The number of rotatable bonds is 6. The van der Waals surface area contributed by atoms with E-state index < -0.39 is 0 Å². The molecule has 3 rings (SSSR count). The Labute approximate surface area is 151 Å². The molecule has 3 fully saturated rings. The van der Waals surface area contributed by atoms with Crippen molar-refractivity contribution in [1.82, 2.24) is 15.5 Å². The van der Waals surface area contributed by atoms with Gasteiger partial charge in [-0.3, -0.25) is 9.79 Å². The normalized spacial score (nSPS) is 27.4. The van der Waals surface area contributed by atoms with Crippen LogP contribution < -0.4 is 10.6 Å². The van der Waals surface area contributed by atoms with Crippen LogP contribution in [0.5, 0.6) is 0 Å². The molecule has 2 heterocycles. The number of carbonyl (C=O) groups excluding carboxylic acids is 1. The van der Waals surface area contributed by atoms with Gasteiger partial charge in [0.05, 0.1) is 13.2 Å². The third-order valence-electron chi connectivity index (χ3n) is 5.90. The van der Waals surface area contributed by atoms with Gasteiger partial charge in [0.15, 0.2) is 5.96 Å². The van der Waals surface area contributed by atoms with Crippen LogP contribution in [0.25, 0.3) is 0 Å². The quantitative estimate of drug-likeness (QED) is 0.435. The van der Waals surface area contributed by atoms with Crippen molar-refractivity contribution in [3.05, 3.63) is 0 Å². The highest BCUT2D eigenvalue weighted by Crippen LogP contribution is 2.38. The summed E-state index contributed by atoms with van der Waals surface area (Å²) in [5, 5.41) is 6.43. The Balaban J connectivity index is 1.41. The standard InChI is InChI=1S/C19H34N4O2/c1-2-20-18(23-11-7-19(14-23)8-12-25-15-19)22-10-9-21-17(24)13-16-5-3-4-6-16/h16H,2-15H2,1H3,(H,20,22)(H,21,24). The van der Waals surface area contributed by atoms with Crippen LogP contribution in [0.1, 0.15) is 51.9 Å². The van der Waals surface area contributed by atoms with Gasteiger partial charge in [-0.1, -0.05) is 12.8 Å². The smallest absolute Gasteiger partial charge is 0.220 e. The van der Waals surface area contributed by atoms with E-state index in [4.69, 9.17) is 9.73 Å². The zero-order chi connectivity index (χ0) is 17.5. The van der Waals surface area contributed by atoms with Crippen molar-refractivity contribution < 1.29 is 9.53 Å². The number of carbonyl (C=O) groups is 1. The van der Waals surface area contributed by atoms with Gasteiger partial charge in [-0.05, 0) is 38.5 Å². The second-order valence-electron chi connectivity index (χ2n) is 7.91. The van der Waals surface area contributed by atoms with Crippen LogP contribution >= 0.6 is 0 Å². The lowest BCUT2D eigenvalue weighted by Gasteiger charge is -2.25. The maximum atomic E-state index is 12.0. The van der Waals surface area contributed by atoms with Gasteiger partial charge >= 0.3 is 0 Å². The molecule has 6 nitrogen and oxygen atoms in total. The van der Waals surface area contributed by atoms with Gasteiger partial charge in [-0.25, -0.2) is 0 Å². The van der Waals surface area contributed by atoms with E-state index in [2.05, 4.69) is 22.5 Å². The summed E-state index contributed by atoms with van der Waals surface area (Å²) in [4.78, 5) is 19.1. The summed E-state index contributed by atoms with van der Waals surface area (Å²) in [6, 6.07) is 0. The molecule has 2 saturated heterocycles. The van der Waals surface area contributed by atoms with Crippen LogP contribution in [-0.2, 0) is 9.53 Å². The van der Waals surface area contributed by atoms with E-state index in [1.54, 1.807) is 0 Å². The highest BCUT2D eigenvalue weighted by molar-refractivity contribution is 5.80. The summed E-state index contributed by atoms with van der Waals surface area (Å²) < 4.78 is 5.62. The van der Waals surface area contributed by atoms with Crippen molar-refractivity contribution >= 4 is 11.9 Å². The minimum Gasteiger partial charge on any atom is -0.381 e. The fourth-order valence-electron chi connectivity index (χ4n) is 4.42. The summed E-state index contributed by atoms with van der Waals surface area (Å²) in [7, 11) is 0. The van der Waals surface area contributed by atoms with Crippen LogP contribution in [-0.4, -0.2) is 62.7 Å². The Kier molecular flexibility index (Phi) is 6.57. The van der Waals surface area contributed by atoms with Gasteiger partial charge in [-0.15, -0.1) is 0 Å². The number of nitrogens with zero attached hydrogens (tertiary/aromatic N) is 2. The lowest BCUT2D eigenvalue weighted by atomic mass is 9.87. The van der Waals surface area contributed by atoms with E-state index in [0.717, 1.165) is 38.8 Å². The number of amides is 1. The predicted octanol–water partition coefficient (Wildman–Crippen LogP) is 1.76. The lowest BCUT2D eigenvalue weighted by molar-refractivity contribution is -0.121. The van der Waals surface area contributed by atoms with Crippen LogP contribution in [0.4, 0.5) is 0 Å². The van der Waals surface area contributed by atoms with Crippen molar-refractivity contribution in [3.63, 3.8) is 0 Å². The van der Waals surface area contributed by atoms with Crippen LogP contribution in [0.3, 0.4) is 0 Å². The third kappa shape index (κ3) is 5.09. The Hall–Kier alpha value is -1.30. The summed E-state index contributed by atoms with van der Waals surface area (Å²) in [6.07, 6.45) is 8.06. The second-order valence-corrected chi connectivity index (χ2v) is 7.91. The van der Waals surface area contributed by atoms with E-state index in [9.17, 15) is 4.79 Å². The molecule has 25 heavy (non-hydrogen) atoms. The molecule has 0 radical (unpaired) electrons. The molecular formula is C19H34N4O2. The zero-order valence-corrected chi connectivity index (χ0v) is 15.7. The molecule has 0 aromatic rings. The van der Waals surface area contributed by atoms with Crippen molar-refractivity contribution in [3.8, 4) is 0 Å². The van der Waals surface area contributed by atoms with Gasteiger partial charge in [0.1, 0.15) is 0 Å². The van der Waals surface area contributed by atoms with Gasteiger partial charge in [0.25, 0.3) is 0 Å². The number of hydrogen-bond acceptors (Lipinski definition) is 3. The molecule has 1 spiro atoms. The SMILES string of the molecule is CCNC(=NCCNC(=O)CC1CCCC1)N1CCC2(CCOC2)C1. The molecule has 2 N–H and O–H groups in total. The Morgan fingerprint density at radius 1 is 1.28 bits per heavy atom. The largest absolute Gasteiger partial charge is 0.381 e. The summed E-state index contributed by atoms with van der Waals surface area (Å²) in [6.45, 7) is 8.10. The maximum absolute atomic E-state index is 12.0. The Morgan fingerprint density at radius 2 is 2.12 bits per heavy atom. The van der Waals surface area contributed by atoms with Crippen molar-refractivity contribution in [1.29, 1.82) is 0 Å². The van der Waals surface area contributed by atoms with Gasteiger partial charge in [-0.2, -0.15) is 0 Å². The zero-order valence-electron chi connectivity index (χ0n) is 15.7. The molecule has 0 aromatic carbocycles. The number of hydrogen-bond donors (Lipinski definition) is 2. The van der Waals surface area contributed by atoms with Gasteiger partial charge in [0.2, 0.25) is 5.91 Å². The molecule has 0 aromatic heterocycles. The average molecular weight is 351 g/mol. The maximum Gasteiger partial charge on any atom is 0.220 e. The number of likely N-dealkylation sites (tertiary alicyclic amines) is 1. The minimum absolute atomic E-state index is 0.190. The highest BCUT2D eigenvalue weighted by atomic mass is 16.5. The predicted molar refractivity (Wildman–Crippen MR) is 99.6 cm³/mol. The molecule has 3 aliphatic rings. The number of ether oxygens (including phenoxy) is 1. The summed E-state index contributed by atoms with van der Waals surface area (Å²) in [5.74, 6) is 1.78. The van der Waals surface area contributed by atoms with Crippen molar-refractivity contribution in [2.45, 2.75) is 51.9 Å². The average Bonchev–Trinajstić information content (AvgIpc) is 3.35. The van der Waals surface area contributed by atoms with E-state index in [0.29, 0.717) is 30.8 Å². The minimum atomic E-state index is 0.190. The first-order chi connectivity index (χ1) is 12.2. The monoisotopic (exact) mass is 350 g/mol. The fourth-order valence-corrected chi connectivity index (χ4v) is 4.42. The van der Waals surface area contributed by atoms with Crippen LogP contribution in [0.2, 0.25) is 0 Å². The first kappa shape index (κ1) is 18.5. The molecule has 6 heteroatoms. The van der Waals surface area contributed by atoms with Crippen molar-refractivity contribution in [2.24, 2.45) is 16.3 Å².